The molecule has 0 saturated heterocycles. The number of hydrogen-bond donors (Lipinski definition) is 2. The third kappa shape index (κ3) is 2.90. The van der Waals surface area contributed by atoms with Crippen molar-refractivity contribution in [1.29, 1.82) is 0 Å². The molecule has 5 nitrogen and oxygen atoms in total. The minimum absolute atomic E-state index is 0.0212. The van der Waals surface area contributed by atoms with Crippen LogP contribution in [0.25, 0.3) is 0 Å². The van der Waals surface area contributed by atoms with Gasteiger partial charge >= 0.3 is 0 Å². The van der Waals surface area contributed by atoms with E-state index in [2.05, 4.69) is 5.16 Å². The molecule has 6 heteroatoms. The molecule has 0 fully saturated rings. The highest BCUT2D eigenvalue weighted by Crippen LogP contribution is 2.25. The zero-order valence-corrected chi connectivity index (χ0v) is 12.7. The molecule has 0 aliphatic carbocycles. The number of benzene rings is 1. The van der Waals surface area contributed by atoms with Crippen molar-refractivity contribution >= 4 is 28.8 Å². The number of anilines is 1. The average molecular weight is 303 g/mol. The molecule has 3 N–H and O–H groups in total. The molecule has 1 amide bonds. The number of rotatable bonds is 4. The molecule has 0 radical (unpaired) electrons. The van der Waals surface area contributed by atoms with Crippen LogP contribution in [0.2, 0.25) is 0 Å². The van der Waals surface area contributed by atoms with Gasteiger partial charge in [0.15, 0.2) is 5.84 Å². The van der Waals surface area contributed by atoms with E-state index < -0.39 is 0 Å². The van der Waals surface area contributed by atoms with Gasteiger partial charge in [-0.1, -0.05) is 24.2 Å². The maximum atomic E-state index is 12.6. The Morgan fingerprint density at radius 1 is 1.38 bits per heavy atom. The number of aryl methyl sites for hydroxylation is 1. The first-order chi connectivity index (χ1) is 10.1. The third-order valence-corrected chi connectivity index (χ3v) is 4.22. The summed E-state index contributed by atoms with van der Waals surface area (Å²) in [6.07, 6.45) is 0.806. The summed E-state index contributed by atoms with van der Waals surface area (Å²) < 4.78 is 0. The molecule has 2 rings (SSSR count). The van der Waals surface area contributed by atoms with Gasteiger partial charge in [0, 0.05) is 12.6 Å². The molecule has 0 spiro atoms. The van der Waals surface area contributed by atoms with Crippen LogP contribution in [-0.4, -0.2) is 24.0 Å². The van der Waals surface area contributed by atoms with E-state index >= 15 is 0 Å². The lowest BCUT2D eigenvalue weighted by atomic mass is 10.1. The van der Waals surface area contributed by atoms with Crippen LogP contribution < -0.4 is 10.6 Å². The van der Waals surface area contributed by atoms with Gasteiger partial charge < -0.3 is 15.8 Å². The van der Waals surface area contributed by atoms with Crippen molar-refractivity contribution in [2.75, 3.05) is 11.9 Å². The summed E-state index contributed by atoms with van der Waals surface area (Å²) in [6, 6.07) is 9.02. The molecular weight excluding hydrogens is 286 g/mol. The Morgan fingerprint density at radius 3 is 2.76 bits per heavy atom. The number of para-hydroxylation sites is 1. The van der Waals surface area contributed by atoms with E-state index in [9.17, 15) is 4.79 Å². The van der Waals surface area contributed by atoms with Crippen LogP contribution in [0.15, 0.2) is 40.9 Å². The Balaban J connectivity index is 2.41. The van der Waals surface area contributed by atoms with Crippen molar-refractivity contribution in [3.05, 3.63) is 51.7 Å². The molecule has 2 aromatic rings. The van der Waals surface area contributed by atoms with Gasteiger partial charge in [-0.25, -0.2) is 0 Å². The van der Waals surface area contributed by atoms with Crippen molar-refractivity contribution in [3.8, 4) is 0 Å². The second kappa shape index (κ2) is 6.41. The minimum Gasteiger partial charge on any atom is -0.409 e. The molecule has 1 aromatic carbocycles. The van der Waals surface area contributed by atoms with Crippen molar-refractivity contribution in [2.24, 2.45) is 10.9 Å². The van der Waals surface area contributed by atoms with Gasteiger partial charge in [-0.05, 0) is 35.6 Å². The Bertz CT molecular complexity index is 679. The molecule has 0 bridgehead atoms. The highest BCUT2D eigenvalue weighted by molar-refractivity contribution is 7.12. The van der Waals surface area contributed by atoms with Crippen molar-refractivity contribution < 1.29 is 10.0 Å². The van der Waals surface area contributed by atoms with Gasteiger partial charge in [0.1, 0.15) is 0 Å². The number of oxime groups is 1. The first-order valence-electron chi connectivity index (χ1n) is 6.51. The molecule has 1 heterocycles. The quantitative estimate of drug-likeness (QED) is 0.394. The Labute approximate surface area is 127 Å². The van der Waals surface area contributed by atoms with Gasteiger partial charge in [-0.3, -0.25) is 4.79 Å². The first kappa shape index (κ1) is 15.1. The van der Waals surface area contributed by atoms with Crippen LogP contribution in [0.1, 0.15) is 27.7 Å². The number of thiophene rings is 1. The molecule has 0 aliphatic heterocycles. The monoisotopic (exact) mass is 303 g/mol. The molecular formula is C15H17N3O2S. The average Bonchev–Trinajstić information content (AvgIpc) is 3.01. The van der Waals surface area contributed by atoms with E-state index in [1.807, 2.05) is 24.4 Å². The molecule has 0 unspecified atom stereocenters. The fourth-order valence-corrected chi connectivity index (χ4v) is 3.07. The number of nitrogens with two attached hydrogens (primary N) is 1. The molecule has 0 atom stereocenters. The summed E-state index contributed by atoms with van der Waals surface area (Å²) >= 11 is 1.42. The Morgan fingerprint density at radius 2 is 2.10 bits per heavy atom. The second-order valence-corrected chi connectivity index (χ2v) is 5.41. The van der Waals surface area contributed by atoms with E-state index in [1.165, 1.54) is 16.2 Å². The second-order valence-electron chi connectivity index (χ2n) is 4.50. The standard InChI is InChI=1S/C15H17N3O2S/c1-3-10-8-9-21-13(10)15(19)18(2)12-7-5-4-6-11(12)14(16)17-20/h4-9,20H,3H2,1-2H3,(H2,16,17). The predicted molar refractivity (Wildman–Crippen MR) is 85.4 cm³/mol. The molecule has 1 aromatic heterocycles. The molecule has 21 heavy (non-hydrogen) atoms. The number of carbonyl (C=O) groups excluding carboxylic acids is 1. The summed E-state index contributed by atoms with van der Waals surface area (Å²) in [5, 5.41) is 13.8. The van der Waals surface area contributed by atoms with E-state index in [0.29, 0.717) is 16.1 Å². The normalized spacial score (nSPS) is 11.4. The van der Waals surface area contributed by atoms with Gasteiger partial charge in [-0.2, -0.15) is 0 Å². The number of amides is 1. The third-order valence-electron chi connectivity index (χ3n) is 3.28. The molecule has 0 aliphatic rings. The topological polar surface area (TPSA) is 78.9 Å². The van der Waals surface area contributed by atoms with Crippen LogP contribution in [-0.2, 0) is 6.42 Å². The van der Waals surface area contributed by atoms with Gasteiger partial charge in [0.2, 0.25) is 0 Å². The van der Waals surface area contributed by atoms with Crippen molar-refractivity contribution in [1.82, 2.24) is 0 Å². The fourth-order valence-electron chi connectivity index (χ4n) is 2.10. The largest absolute Gasteiger partial charge is 0.409 e. The zero-order chi connectivity index (χ0) is 15.4. The summed E-state index contributed by atoms with van der Waals surface area (Å²) in [6.45, 7) is 2.02. The van der Waals surface area contributed by atoms with Gasteiger partial charge in [-0.15, -0.1) is 11.3 Å². The predicted octanol–water partition coefficient (Wildman–Crippen LogP) is 2.68. The van der Waals surface area contributed by atoms with E-state index in [-0.39, 0.29) is 11.7 Å². The summed E-state index contributed by atoms with van der Waals surface area (Å²) in [7, 11) is 1.69. The molecule has 110 valence electrons. The van der Waals surface area contributed by atoms with Crippen LogP contribution in [0.3, 0.4) is 0 Å². The zero-order valence-electron chi connectivity index (χ0n) is 11.9. The number of carbonyl (C=O) groups is 1. The lowest BCUT2D eigenvalue weighted by Crippen LogP contribution is -2.29. The van der Waals surface area contributed by atoms with Crippen LogP contribution in [0.5, 0.6) is 0 Å². The van der Waals surface area contributed by atoms with Crippen LogP contribution >= 0.6 is 11.3 Å². The van der Waals surface area contributed by atoms with E-state index in [4.69, 9.17) is 10.9 Å². The van der Waals surface area contributed by atoms with Gasteiger partial charge in [0.25, 0.3) is 5.91 Å². The smallest absolute Gasteiger partial charge is 0.268 e. The Hall–Kier alpha value is -2.34. The number of amidine groups is 1. The SMILES string of the molecule is CCc1ccsc1C(=O)N(C)c1ccccc1/C(N)=N/O. The maximum absolute atomic E-state index is 12.6. The number of hydrogen-bond acceptors (Lipinski definition) is 4. The summed E-state index contributed by atoms with van der Waals surface area (Å²) in [4.78, 5) is 14.9. The Kier molecular flexibility index (Phi) is 4.59. The fraction of sp³-hybridized carbons (Fsp3) is 0.200. The minimum atomic E-state index is -0.0972. The lowest BCUT2D eigenvalue weighted by Gasteiger charge is -2.20. The molecule has 0 saturated carbocycles. The van der Waals surface area contributed by atoms with E-state index in [1.54, 1.807) is 25.2 Å². The van der Waals surface area contributed by atoms with Crippen molar-refractivity contribution in [2.45, 2.75) is 13.3 Å². The highest BCUT2D eigenvalue weighted by atomic mass is 32.1. The summed E-state index contributed by atoms with van der Waals surface area (Å²) in [5.41, 5.74) is 7.82. The first-order valence-corrected chi connectivity index (χ1v) is 7.39. The van der Waals surface area contributed by atoms with Crippen LogP contribution in [0.4, 0.5) is 5.69 Å². The van der Waals surface area contributed by atoms with E-state index in [0.717, 1.165) is 12.0 Å². The van der Waals surface area contributed by atoms with Crippen LogP contribution in [0, 0.1) is 0 Å². The van der Waals surface area contributed by atoms with Gasteiger partial charge in [0.05, 0.1) is 10.6 Å². The maximum Gasteiger partial charge on any atom is 0.268 e. The summed E-state index contributed by atoms with van der Waals surface area (Å²) in [5.74, 6) is -0.118. The lowest BCUT2D eigenvalue weighted by molar-refractivity contribution is 0.0996. The highest BCUT2D eigenvalue weighted by Gasteiger charge is 2.20. The van der Waals surface area contributed by atoms with Crippen molar-refractivity contribution in [3.63, 3.8) is 0 Å². The number of nitrogens with zero attached hydrogens (tertiary/aromatic N) is 2.